The number of ether oxygens (including phenoxy) is 1. The minimum atomic E-state index is -0.192. The van der Waals surface area contributed by atoms with Crippen molar-refractivity contribution in [2.75, 3.05) is 13.7 Å². The van der Waals surface area contributed by atoms with E-state index < -0.39 is 0 Å². The molecule has 1 aliphatic carbocycles. The maximum atomic E-state index is 13.1. The minimum absolute atomic E-state index is 0.137. The molecular weight excluding hydrogens is 265 g/mol. The number of nitrogens with one attached hydrogen (secondary N) is 1. The predicted molar refractivity (Wildman–Crippen MR) is 80.2 cm³/mol. The normalized spacial score (nSPS) is 21.9. The molecule has 0 amide bonds. The summed E-state index contributed by atoms with van der Waals surface area (Å²) in [6.45, 7) is 0.981. The molecule has 1 fully saturated rings. The molecule has 21 heavy (non-hydrogen) atoms. The van der Waals surface area contributed by atoms with Gasteiger partial charge in [0.25, 0.3) is 0 Å². The molecule has 0 bridgehead atoms. The molecular formula is C18H18FNO. The highest BCUT2D eigenvalue weighted by Crippen LogP contribution is 2.53. The van der Waals surface area contributed by atoms with Crippen LogP contribution in [0.5, 0.6) is 5.75 Å². The fourth-order valence-electron chi connectivity index (χ4n) is 3.43. The second-order valence-corrected chi connectivity index (χ2v) is 6.10. The predicted octanol–water partition coefficient (Wildman–Crippen LogP) is 3.56. The number of benzene rings is 2. The lowest BCUT2D eigenvalue weighted by Gasteiger charge is -2.33. The molecule has 4 rings (SSSR count). The van der Waals surface area contributed by atoms with Gasteiger partial charge >= 0.3 is 0 Å². The highest BCUT2D eigenvalue weighted by molar-refractivity contribution is 5.50. The van der Waals surface area contributed by atoms with Gasteiger partial charge in [0.05, 0.1) is 13.2 Å². The van der Waals surface area contributed by atoms with Crippen molar-refractivity contribution in [2.24, 2.45) is 0 Å². The average molecular weight is 283 g/mol. The molecule has 1 heterocycles. The van der Waals surface area contributed by atoms with Gasteiger partial charge in [-0.25, -0.2) is 4.39 Å². The highest BCUT2D eigenvalue weighted by atomic mass is 19.1. The Morgan fingerprint density at radius 3 is 2.57 bits per heavy atom. The van der Waals surface area contributed by atoms with Crippen LogP contribution in [0.4, 0.5) is 4.39 Å². The quantitative estimate of drug-likeness (QED) is 0.910. The van der Waals surface area contributed by atoms with E-state index in [-0.39, 0.29) is 11.9 Å². The minimum Gasteiger partial charge on any atom is -0.497 e. The number of rotatable bonds is 2. The van der Waals surface area contributed by atoms with Crippen molar-refractivity contribution in [1.82, 2.24) is 5.32 Å². The lowest BCUT2D eigenvalue weighted by Crippen LogP contribution is -2.37. The zero-order valence-electron chi connectivity index (χ0n) is 12.0. The summed E-state index contributed by atoms with van der Waals surface area (Å²) in [5.41, 5.74) is 4.10. The topological polar surface area (TPSA) is 21.3 Å². The standard InChI is InChI=1S/C18H18FNO/c1-21-14-6-7-15-16(10-14)18(8-9-18)11-20-17(15)12-2-4-13(19)5-3-12/h2-7,10,17,20H,8-9,11H2,1H3. The van der Waals surface area contributed by atoms with Crippen LogP contribution in [0.1, 0.15) is 35.6 Å². The Morgan fingerprint density at radius 2 is 1.90 bits per heavy atom. The van der Waals surface area contributed by atoms with Crippen molar-refractivity contribution in [3.05, 3.63) is 65.0 Å². The molecule has 108 valence electrons. The van der Waals surface area contributed by atoms with Gasteiger partial charge in [0.15, 0.2) is 0 Å². The number of hydrogen-bond acceptors (Lipinski definition) is 2. The fourth-order valence-corrected chi connectivity index (χ4v) is 3.43. The Balaban J connectivity index is 1.80. The van der Waals surface area contributed by atoms with Gasteiger partial charge in [-0.2, -0.15) is 0 Å². The molecule has 2 aliphatic rings. The van der Waals surface area contributed by atoms with Gasteiger partial charge < -0.3 is 10.1 Å². The smallest absolute Gasteiger partial charge is 0.123 e. The maximum Gasteiger partial charge on any atom is 0.123 e. The Morgan fingerprint density at radius 1 is 1.14 bits per heavy atom. The van der Waals surface area contributed by atoms with Crippen LogP contribution in [-0.4, -0.2) is 13.7 Å². The summed E-state index contributed by atoms with van der Waals surface area (Å²) in [4.78, 5) is 0. The van der Waals surface area contributed by atoms with Crippen LogP contribution in [0, 0.1) is 5.82 Å². The van der Waals surface area contributed by atoms with Gasteiger partial charge in [0.1, 0.15) is 11.6 Å². The third-order valence-corrected chi connectivity index (χ3v) is 4.84. The Kier molecular flexibility index (Phi) is 2.79. The molecule has 1 unspecified atom stereocenters. The van der Waals surface area contributed by atoms with Gasteiger partial charge in [-0.3, -0.25) is 0 Å². The summed E-state index contributed by atoms with van der Waals surface area (Å²) in [5.74, 6) is 0.725. The molecule has 3 heteroatoms. The zero-order valence-corrected chi connectivity index (χ0v) is 12.0. The van der Waals surface area contributed by atoms with E-state index >= 15 is 0 Å². The summed E-state index contributed by atoms with van der Waals surface area (Å²) < 4.78 is 18.5. The first-order valence-corrected chi connectivity index (χ1v) is 7.39. The van der Waals surface area contributed by atoms with Crippen LogP contribution in [0.3, 0.4) is 0 Å². The number of fused-ring (bicyclic) bond motifs is 2. The molecule has 2 nitrogen and oxygen atoms in total. The third-order valence-electron chi connectivity index (χ3n) is 4.84. The number of halogens is 1. The molecule has 2 aromatic rings. The van der Waals surface area contributed by atoms with E-state index in [9.17, 15) is 4.39 Å². The van der Waals surface area contributed by atoms with Crippen LogP contribution in [0.25, 0.3) is 0 Å². The first-order valence-electron chi connectivity index (χ1n) is 7.39. The zero-order chi connectivity index (χ0) is 14.4. The van der Waals surface area contributed by atoms with E-state index in [2.05, 4.69) is 17.4 Å². The van der Waals surface area contributed by atoms with Crippen molar-refractivity contribution in [3.63, 3.8) is 0 Å². The van der Waals surface area contributed by atoms with Crippen LogP contribution in [0.2, 0.25) is 0 Å². The van der Waals surface area contributed by atoms with Gasteiger partial charge in [-0.1, -0.05) is 18.2 Å². The first-order chi connectivity index (χ1) is 10.2. The van der Waals surface area contributed by atoms with Gasteiger partial charge in [-0.15, -0.1) is 0 Å². The van der Waals surface area contributed by atoms with E-state index in [1.54, 1.807) is 7.11 Å². The van der Waals surface area contributed by atoms with E-state index in [1.807, 2.05) is 18.2 Å². The van der Waals surface area contributed by atoms with E-state index in [4.69, 9.17) is 4.74 Å². The monoisotopic (exact) mass is 283 g/mol. The largest absolute Gasteiger partial charge is 0.497 e. The molecule has 1 spiro atoms. The molecule has 1 saturated carbocycles. The molecule has 1 aliphatic heterocycles. The van der Waals surface area contributed by atoms with E-state index in [1.165, 1.54) is 36.1 Å². The number of hydrogen-bond donors (Lipinski definition) is 1. The van der Waals surface area contributed by atoms with Gasteiger partial charge in [0, 0.05) is 12.0 Å². The SMILES string of the molecule is COc1ccc2c(c1)C1(CC1)CNC2c1ccc(F)cc1. The summed E-state index contributed by atoms with van der Waals surface area (Å²) in [5, 5.41) is 3.64. The summed E-state index contributed by atoms with van der Waals surface area (Å²) >= 11 is 0. The Labute approximate surface area is 123 Å². The molecule has 2 aromatic carbocycles. The summed E-state index contributed by atoms with van der Waals surface area (Å²) in [6, 6.07) is 13.3. The van der Waals surface area contributed by atoms with Crippen molar-refractivity contribution in [3.8, 4) is 5.75 Å². The van der Waals surface area contributed by atoms with Crippen molar-refractivity contribution in [2.45, 2.75) is 24.3 Å². The number of methoxy groups -OCH3 is 1. The van der Waals surface area contributed by atoms with Crippen molar-refractivity contribution >= 4 is 0 Å². The molecule has 1 N–H and O–H groups in total. The van der Waals surface area contributed by atoms with Gasteiger partial charge in [-0.05, 0) is 53.8 Å². The third kappa shape index (κ3) is 2.04. The second kappa shape index (κ2) is 4.57. The van der Waals surface area contributed by atoms with Crippen LogP contribution in [-0.2, 0) is 5.41 Å². The Bertz CT molecular complexity index is 676. The molecule has 0 saturated heterocycles. The molecule has 0 radical (unpaired) electrons. The van der Waals surface area contributed by atoms with Crippen LogP contribution >= 0.6 is 0 Å². The lowest BCUT2D eigenvalue weighted by atomic mass is 9.82. The van der Waals surface area contributed by atoms with Crippen LogP contribution < -0.4 is 10.1 Å². The van der Waals surface area contributed by atoms with E-state index in [0.29, 0.717) is 5.41 Å². The lowest BCUT2D eigenvalue weighted by molar-refractivity contribution is 0.410. The maximum absolute atomic E-state index is 13.1. The molecule has 1 atom stereocenters. The fraction of sp³-hybridized carbons (Fsp3) is 0.333. The average Bonchev–Trinajstić information content (AvgIpc) is 3.29. The second-order valence-electron chi connectivity index (χ2n) is 6.10. The van der Waals surface area contributed by atoms with Crippen molar-refractivity contribution < 1.29 is 9.13 Å². The first kappa shape index (κ1) is 12.8. The summed E-state index contributed by atoms with van der Waals surface area (Å²) in [6.07, 6.45) is 2.46. The molecule has 0 aromatic heterocycles. The van der Waals surface area contributed by atoms with E-state index in [0.717, 1.165) is 17.9 Å². The van der Waals surface area contributed by atoms with Crippen LogP contribution in [0.15, 0.2) is 42.5 Å². The summed E-state index contributed by atoms with van der Waals surface area (Å²) in [7, 11) is 1.71. The van der Waals surface area contributed by atoms with Crippen molar-refractivity contribution in [1.29, 1.82) is 0 Å². The highest BCUT2D eigenvalue weighted by Gasteiger charge is 2.49. The Hall–Kier alpha value is -1.87. The van der Waals surface area contributed by atoms with Gasteiger partial charge in [0.2, 0.25) is 0 Å².